The predicted molar refractivity (Wildman–Crippen MR) is 40.1 cm³/mol. The molecule has 3 rings (SSSR count). The van der Waals surface area contributed by atoms with Crippen molar-refractivity contribution in [2.75, 3.05) is 6.61 Å². The zero-order valence-corrected chi connectivity index (χ0v) is 6.62. The molecule has 3 fully saturated rings. The number of ether oxygens (including phenoxy) is 1. The molecule has 2 heteroatoms. The summed E-state index contributed by atoms with van der Waals surface area (Å²) in [6, 6.07) is 0. The van der Waals surface area contributed by atoms with Crippen molar-refractivity contribution < 1.29 is 9.84 Å². The van der Waals surface area contributed by atoms with Gasteiger partial charge in [-0.25, -0.2) is 0 Å². The minimum atomic E-state index is -0.0515. The zero-order valence-electron chi connectivity index (χ0n) is 6.62. The summed E-state index contributed by atoms with van der Waals surface area (Å²) in [5.41, 5.74) is 0.166. The summed E-state index contributed by atoms with van der Waals surface area (Å²) in [5.74, 6) is 1.29. The minimum absolute atomic E-state index is 0.0515. The minimum Gasteiger partial charge on any atom is -0.393 e. The molecule has 1 heterocycles. The van der Waals surface area contributed by atoms with E-state index in [1.54, 1.807) is 0 Å². The van der Waals surface area contributed by atoms with E-state index in [4.69, 9.17) is 4.74 Å². The maximum absolute atomic E-state index is 9.58. The molecular formula is C9H14O2. The first-order valence-electron chi connectivity index (χ1n) is 4.65. The Morgan fingerprint density at radius 1 is 1.36 bits per heavy atom. The van der Waals surface area contributed by atoms with Crippen molar-refractivity contribution in [1.82, 2.24) is 0 Å². The van der Waals surface area contributed by atoms with Crippen LogP contribution in [0, 0.1) is 11.8 Å². The van der Waals surface area contributed by atoms with Gasteiger partial charge in [-0.05, 0) is 31.6 Å². The average Bonchev–Trinajstić information content (AvgIpc) is 2.39. The Morgan fingerprint density at radius 3 is 3.00 bits per heavy atom. The van der Waals surface area contributed by atoms with Crippen molar-refractivity contribution in [2.45, 2.75) is 37.4 Å². The monoisotopic (exact) mass is 154 g/mol. The van der Waals surface area contributed by atoms with Gasteiger partial charge in [0.25, 0.3) is 0 Å². The van der Waals surface area contributed by atoms with Gasteiger partial charge in [-0.3, -0.25) is 0 Å². The maximum atomic E-state index is 9.58. The van der Waals surface area contributed by atoms with E-state index in [1.165, 1.54) is 12.8 Å². The van der Waals surface area contributed by atoms with E-state index in [2.05, 4.69) is 0 Å². The SMILES string of the molecule is OC1CCC23OCCC2CC13. The second-order valence-electron chi connectivity index (χ2n) is 4.24. The fraction of sp³-hybridized carbons (Fsp3) is 1.00. The molecule has 1 aliphatic heterocycles. The Balaban J connectivity index is 1.92. The molecule has 2 aliphatic carbocycles. The Labute approximate surface area is 66.5 Å². The molecule has 0 aromatic heterocycles. The predicted octanol–water partition coefficient (Wildman–Crippen LogP) is 0.936. The maximum Gasteiger partial charge on any atom is 0.0765 e. The van der Waals surface area contributed by atoms with Crippen molar-refractivity contribution in [1.29, 1.82) is 0 Å². The standard InChI is InChI=1S/C9H14O2/c10-8-1-3-9-6(2-4-11-9)5-7(8)9/h6-8,10H,1-5H2. The van der Waals surface area contributed by atoms with Gasteiger partial charge in [-0.1, -0.05) is 0 Å². The van der Waals surface area contributed by atoms with Crippen LogP contribution >= 0.6 is 0 Å². The lowest BCUT2D eigenvalue weighted by atomic mass is 9.62. The van der Waals surface area contributed by atoms with Crippen LogP contribution in [0.5, 0.6) is 0 Å². The van der Waals surface area contributed by atoms with Crippen LogP contribution in [0.3, 0.4) is 0 Å². The van der Waals surface area contributed by atoms with E-state index < -0.39 is 0 Å². The van der Waals surface area contributed by atoms with Gasteiger partial charge in [-0.2, -0.15) is 0 Å². The van der Waals surface area contributed by atoms with Crippen molar-refractivity contribution in [3.63, 3.8) is 0 Å². The third-order valence-corrected chi connectivity index (χ3v) is 3.99. The molecule has 0 amide bonds. The molecule has 1 saturated heterocycles. The van der Waals surface area contributed by atoms with Crippen LogP contribution < -0.4 is 0 Å². The highest BCUT2D eigenvalue weighted by atomic mass is 16.5. The topological polar surface area (TPSA) is 29.5 Å². The average molecular weight is 154 g/mol. The highest BCUT2D eigenvalue weighted by Crippen LogP contribution is 2.60. The molecule has 62 valence electrons. The summed E-state index contributed by atoms with van der Waals surface area (Å²) >= 11 is 0. The van der Waals surface area contributed by atoms with E-state index in [-0.39, 0.29) is 11.7 Å². The zero-order chi connectivity index (χ0) is 7.47. The number of rotatable bonds is 0. The van der Waals surface area contributed by atoms with Crippen molar-refractivity contribution in [3.05, 3.63) is 0 Å². The Morgan fingerprint density at radius 2 is 2.27 bits per heavy atom. The number of hydrogen-bond acceptors (Lipinski definition) is 2. The Kier molecular flexibility index (Phi) is 1.06. The van der Waals surface area contributed by atoms with Gasteiger partial charge in [0.15, 0.2) is 0 Å². The molecule has 11 heavy (non-hydrogen) atoms. The van der Waals surface area contributed by atoms with E-state index >= 15 is 0 Å². The number of aliphatic hydroxyl groups is 1. The first-order valence-corrected chi connectivity index (χ1v) is 4.65. The van der Waals surface area contributed by atoms with Gasteiger partial charge in [-0.15, -0.1) is 0 Å². The van der Waals surface area contributed by atoms with Crippen LogP contribution in [0.25, 0.3) is 0 Å². The van der Waals surface area contributed by atoms with Gasteiger partial charge in [0.1, 0.15) is 0 Å². The summed E-state index contributed by atoms with van der Waals surface area (Å²) in [4.78, 5) is 0. The smallest absolute Gasteiger partial charge is 0.0765 e. The lowest BCUT2D eigenvalue weighted by Gasteiger charge is -2.47. The van der Waals surface area contributed by atoms with Crippen molar-refractivity contribution >= 4 is 0 Å². The summed E-state index contributed by atoms with van der Waals surface area (Å²) in [6.45, 7) is 0.938. The molecule has 0 radical (unpaired) electrons. The molecular weight excluding hydrogens is 140 g/mol. The van der Waals surface area contributed by atoms with Gasteiger partial charge in [0, 0.05) is 12.5 Å². The number of aliphatic hydroxyl groups excluding tert-OH is 1. The molecule has 1 spiro atoms. The largest absolute Gasteiger partial charge is 0.393 e. The van der Waals surface area contributed by atoms with Crippen molar-refractivity contribution in [2.24, 2.45) is 11.8 Å². The summed E-state index contributed by atoms with van der Waals surface area (Å²) < 4.78 is 5.77. The van der Waals surface area contributed by atoms with Gasteiger partial charge < -0.3 is 9.84 Å². The lowest BCUT2D eigenvalue weighted by Crippen LogP contribution is -2.52. The van der Waals surface area contributed by atoms with Crippen LogP contribution in [0.15, 0.2) is 0 Å². The third kappa shape index (κ3) is 0.574. The Bertz CT molecular complexity index is 192. The second-order valence-corrected chi connectivity index (χ2v) is 4.24. The fourth-order valence-electron chi connectivity index (χ4n) is 3.35. The van der Waals surface area contributed by atoms with Crippen LogP contribution in [0.4, 0.5) is 0 Å². The number of hydrogen-bond donors (Lipinski definition) is 1. The van der Waals surface area contributed by atoms with Gasteiger partial charge in [0.2, 0.25) is 0 Å². The van der Waals surface area contributed by atoms with Crippen LogP contribution in [0.1, 0.15) is 25.7 Å². The van der Waals surface area contributed by atoms with Crippen LogP contribution in [0.2, 0.25) is 0 Å². The van der Waals surface area contributed by atoms with E-state index in [9.17, 15) is 5.11 Å². The first-order chi connectivity index (χ1) is 5.33. The lowest BCUT2D eigenvalue weighted by molar-refractivity contribution is -0.136. The quantitative estimate of drug-likeness (QED) is 0.562. The van der Waals surface area contributed by atoms with E-state index in [1.807, 2.05) is 0 Å². The Hall–Kier alpha value is -0.0800. The van der Waals surface area contributed by atoms with Gasteiger partial charge >= 0.3 is 0 Å². The fourth-order valence-corrected chi connectivity index (χ4v) is 3.35. The van der Waals surface area contributed by atoms with Crippen molar-refractivity contribution in [3.8, 4) is 0 Å². The summed E-state index contributed by atoms with van der Waals surface area (Å²) in [7, 11) is 0. The molecule has 0 bridgehead atoms. The molecule has 2 saturated carbocycles. The first kappa shape index (κ1) is 6.44. The van der Waals surface area contributed by atoms with E-state index in [0.29, 0.717) is 5.92 Å². The summed E-state index contributed by atoms with van der Waals surface area (Å²) in [5, 5.41) is 9.58. The summed E-state index contributed by atoms with van der Waals surface area (Å²) in [6.07, 6.45) is 4.50. The normalized spacial score (nSPS) is 60.3. The highest BCUT2D eigenvalue weighted by molar-refractivity contribution is 5.13. The van der Waals surface area contributed by atoms with Crippen LogP contribution in [-0.2, 0) is 4.74 Å². The molecule has 1 N–H and O–H groups in total. The molecule has 0 aromatic rings. The van der Waals surface area contributed by atoms with Crippen LogP contribution in [-0.4, -0.2) is 23.4 Å². The van der Waals surface area contributed by atoms with Gasteiger partial charge in [0.05, 0.1) is 11.7 Å². The molecule has 4 unspecified atom stereocenters. The third-order valence-electron chi connectivity index (χ3n) is 3.99. The molecule has 3 aliphatic rings. The molecule has 0 aromatic carbocycles. The second kappa shape index (κ2) is 1.80. The molecule has 4 atom stereocenters. The highest BCUT2D eigenvalue weighted by Gasteiger charge is 2.63. The van der Waals surface area contributed by atoms with E-state index in [0.717, 1.165) is 25.4 Å². The molecule has 2 nitrogen and oxygen atoms in total.